The van der Waals surface area contributed by atoms with Crippen LogP contribution >= 0.6 is 0 Å². The average molecular weight is 279 g/mol. The highest BCUT2D eigenvalue weighted by molar-refractivity contribution is 5.75. The molecule has 0 rings (SSSR count). The van der Waals surface area contributed by atoms with E-state index in [2.05, 4.69) is 4.84 Å². The molecule has 0 aromatic carbocycles. The number of hydrogen-bond acceptors (Lipinski definition) is 8. The summed E-state index contributed by atoms with van der Waals surface area (Å²) in [5.74, 6) is -0.484. The maximum absolute atomic E-state index is 11.4. The Labute approximate surface area is 111 Å². The standard InChI is InChI=1S/C10H21N3O6/c11-4-2-1-3-9(12)10(14)18-7-5-17-6-8-19-13(15)16/h9H,1-8,11-12H2. The molecule has 0 amide bonds. The fraction of sp³-hybridized carbons (Fsp3) is 0.900. The van der Waals surface area contributed by atoms with E-state index in [4.69, 9.17) is 20.9 Å². The highest BCUT2D eigenvalue weighted by Gasteiger charge is 2.13. The van der Waals surface area contributed by atoms with E-state index in [0.717, 1.165) is 12.8 Å². The van der Waals surface area contributed by atoms with Crippen LogP contribution in [0.4, 0.5) is 0 Å². The second-order valence-electron chi connectivity index (χ2n) is 3.73. The zero-order chi connectivity index (χ0) is 14.5. The molecule has 0 saturated carbocycles. The SMILES string of the molecule is NCCCCC(N)C(=O)OCCOCCO[N+](=O)[O-]. The third-order valence-corrected chi connectivity index (χ3v) is 2.17. The van der Waals surface area contributed by atoms with Gasteiger partial charge in [0.1, 0.15) is 19.3 Å². The molecule has 0 aliphatic heterocycles. The van der Waals surface area contributed by atoms with E-state index in [1.165, 1.54) is 0 Å². The first-order chi connectivity index (χ1) is 9.07. The van der Waals surface area contributed by atoms with Crippen molar-refractivity contribution in [2.24, 2.45) is 11.5 Å². The molecular weight excluding hydrogens is 258 g/mol. The monoisotopic (exact) mass is 279 g/mol. The van der Waals surface area contributed by atoms with Crippen LogP contribution in [0.1, 0.15) is 19.3 Å². The summed E-state index contributed by atoms with van der Waals surface area (Å²) in [5.41, 5.74) is 10.9. The third kappa shape index (κ3) is 11.4. The molecule has 0 aliphatic carbocycles. The van der Waals surface area contributed by atoms with Crippen molar-refractivity contribution in [3.05, 3.63) is 10.1 Å². The Morgan fingerprint density at radius 3 is 2.53 bits per heavy atom. The van der Waals surface area contributed by atoms with Crippen molar-refractivity contribution in [3.63, 3.8) is 0 Å². The Morgan fingerprint density at radius 1 is 1.21 bits per heavy atom. The highest BCUT2D eigenvalue weighted by Crippen LogP contribution is 1.99. The number of hydrogen-bond donors (Lipinski definition) is 2. The van der Waals surface area contributed by atoms with E-state index in [0.29, 0.717) is 13.0 Å². The number of ether oxygens (including phenoxy) is 2. The van der Waals surface area contributed by atoms with Crippen LogP contribution in [0.5, 0.6) is 0 Å². The second-order valence-corrected chi connectivity index (χ2v) is 3.73. The Kier molecular flexibility index (Phi) is 10.7. The molecule has 112 valence electrons. The van der Waals surface area contributed by atoms with Crippen LogP contribution in [0.2, 0.25) is 0 Å². The van der Waals surface area contributed by atoms with E-state index in [1.54, 1.807) is 0 Å². The minimum Gasteiger partial charge on any atom is -0.462 e. The summed E-state index contributed by atoms with van der Waals surface area (Å²) < 4.78 is 9.82. The molecule has 0 aromatic rings. The summed E-state index contributed by atoms with van der Waals surface area (Å²) in [5, 5.41) is 8.90. The summed E-state index contributed by atoms with van der Waals surface area (Å²) in [4.78, 5) is 25.2. The second kappa shape index (κ2) is 11.6. The predicted octanol–water partition coefficient (Wildman–Crippen LogP) is -0.789. The maximum atomic E-state index is 11.4. The Morgan fingerprint density at radius 2 is 1.89 bits per heavy atom. The molecule has 0 fully saturated rings. The molecule has 0 aliphatic rings. The zero-order valence-corrected chi connectivity index (χ0v) is 10.8. The van der Waals surface area contributed by atoms with Gasteiger partial charge in [0.15, 0.2) is 0 Å². The van der Waals surface area contributed by atoms with Gasteiger partial charge in [-0.15, -0.1) is 10.1 Å². The lowest BCUT2D eigenvalue weighted by Gasteiger charge is -2.11. The summed E-state index contributed by atoms with van der Waals surface area (Å²) in [7, 11) is 0. The normalized spacial score (nSPS) is 11.9. The lowest BCUT2D eigenvalue weighted by atomic mass is 10.1. The van der Waals surface area contributed by atoms with Gasteiger partial charge in [-0.2, -0.15) is 0 Å². The molecular formula is C10H21N3O6. The van der Waals surface area contributed by atoms with Gasteiger partial charge in [-0.05, 0) is 19.4 Å². The van der Waals surface area contributed by atoms with Crippen LogP contribution in [-0.4, -0.2) is 50.1 Å². The quantitative estimate of drug-likeness (QED) is 0.205. The fourth-order valence-electron chi connectivity index (χ4n) is 1.21. The van der Waals surface area contributed by atoms with Crippen molar-refractivity contribution in [3.8, 4) is 0 Å². The largest absolute Gasteiger partial charge is 0.462 e. The van der Waals surface area contributed by atoms with Crippen LogP contribution in [-0.2, 0) is 19.1 Å². The van der Waals surface area contributed by atoms with Crippen molar-refractivity contribution in [1.82, 2.24) is 0 Å². The van der Waals surface area contributed by atoms with Gasteiger partial charge in [0.05, 0.1) is 13.2 Å². The molecule has 4 N–H and O–H groups in total. The first-order valence-electron chi connectivity index (χ1n) is 6.05. The van der Waals surface area contributed by atoms with Gasteiger partial charge in [0.2, 0.25) is 0 Å². The van der Waals surface area contributed by atoms with E-state index >= 15 is 0 Å². The van der Waals surface area contributed by atoms with E-state index < -0.39 is 17.1 Å². The molecule has 0 heterocycles. The molecule has 1 unspecified atom stereocenters. The van der Waals surface area contributed by atoms with Crippen molar-refractivity contribution in [1.29, 1.82) is 0 Å². The topological polar surface area (TPSA) is 140 Å². The number of nitrogens with two attached hydrogens (primary N) is 2. The van der Waals surface area contributed by atoms with Gasteiger partial charge < -0.3 is 25.8 Å². The van der Waals surface area contributed by atoms with Crippen molar-refractivity contribution in [2.45, 2.75) is 25.3 Å². The van der Waals surface area contributed by atoms with Crippen LogP contribution in [0.25, 0.3) is 0 Å². The number of carbonyl (C=O) groups excluding carboxylic acids is 1. The summed E-state index contributed by atoms with van der Waals surface area (Å²) in [6, 6.07) is -0.649. The molecule has 9 heteroatoms. The van der Waals surface area contributed by atoms with Crippen LogP contribution in [0.3, 0.4) is 0 Å². The minimum absolute atomic E-state index is 0.0566. The molecule has 19 heavy (non-hydrogen) atoms. The van der Waals surface area contributed by atoms with E-state index in [1.807, 2.05) is 0 Å². The number of rotatable bonds is 12. The highest BCUT2D eigenvalue weighted by atomic mass is 17.0. The predicted molar refractivity (Wildman–Crippen MR) is 65.6 cm³/mol. The number of nitrogens with zero attached hydrogens (tertiary/aromatic N) is 1. The van der Waals surface area contributed by atoms with Crippen molar-refractivity contribution >= 4 is 5.97 Å². The molecule has 0 spiro atoms. The van der Waals surface area contributed by atoms with Gasteiger partial charge in [0, 0.05) is 0 Å². The minimum atomic E-state index is -0.899. The lowest BCUT2D eigenvalue weighted by molar-refractivity contribution is -0.758. The Bertz CT molecular complexity index is 264. The number of carbonyl (C=O) groups is 1. The molecule has 0 aromatic heterocycles. The van der Waals surface area contributed by atoms with E-state index in [-0.39, 0.29) is 26.4 Å². The van der Waals surface area contributed by atoms with Gasteiger partial charge in [-0.25, -0.2) is 0 Å². The lowest BCUT2D eigenvalue weighted by Crippen LogP contribution is -2.33. The van der Waals surface area contributed by atoms with E-state index in [9.17, 15) is 14.9 Å². The maximum Gasteiger partial charge on any atom is 0.322 e. The zero-order valence-electron chi connectivity index (χ0n) is 10.8. The van der Waals surface area contributed by atoms with Crippen molar-refractivity contribution < 1.29 is 24.2 Å². The van der Waals surface area contributed by atoms with Gasteiger partial charge >= 0.3 is 5.97 Å². The van der Waals surface area contributed by atoms with Gasteiger partial charge in [0.25, 0.3) is 5.09 Å². The smallest absolute Gasteiger partial charge is 0.322 e. The van der Waals surface area contributed by atoms with Crippen LogP contribution in [0.15, 0.2) is 0 Å². The first-order valence-corrected chi connectivity index (χ1v) is 6.05. The third-order valence-electron chi connectivity index (χ3n) is 2.17. The molecule has 9 nitrogen and oxygen atoms in total. The number of esters is 1. The summed E-state index contributed by atoms with van der Waals surface area (Å²) >= 11 is 0. The molecule has 0 radical (unpaired) electrons. The average Bonchev–Trinajstić information content (AvgIpc) is 2.37. The molecule has 1 atom stereocenters. The van der Waals surface area contributed by atoms with Crippen LogP contribution < -0.4 is 11.5 Å². The van der Waals surface area contributed by atoms with Gasteiger partial charge in [-0.3, -0.25) is 4.79 Å². The first kappa shape index (κ1) is 17.6. The summed E-state index contributed by atoms with van der Waals surface area (Å²) in [6.07, 6.45) is 2.13. The number of unbranched alkanes of at least 4 members (excludes halogenated alkanes) is 1. The Balaban J connectivity index is 3.39. The Hall–Kier alpha value is -1.45. The summed E-state index contributed by atoms with van der Waals surface area (Å²) in [6.45, 7) is 0.673. The molecule has 0 saturated heterocycles. The van der Waals surface area contributed by atoms with Crippen molar-refractivity contribution in [2.75, 3.05) is 33.0 Å². The van der Waals surface area contributed by atoms with Gasteiger partial charge in [-0.1, -0.05) is 6.42 Å². The van der Waals surface area contributed by atoms with Crippen LogP contribution in [0, 0.1) is 10.1 Å². The fourth-order valence-corrected chi connectivity index (χ4v) is 1.21. The molecule has 0 bridgehead atoms.